The van der Waals surface area contributed by atoms with E-state index in [-0.39, 0.29) is 5.97 Å². The molecule has 0 spiro atoms. The fourth-order valence-corrected chi connectivity index (χ4v) is 1.63. The number of rotatable bonds is 5. The lowest BCUT2D eigenvalue weighted by atomic mass is 9.95. The molecule has 0 unspecified atom stereocenters. The summed E-state index contributed by atoms with van der Waals surface area (Å²) in [5.41, 5.74) is 2.55. The standard InChI is InChI=1S/C14H20O2/c1-4-16-14(15)10-7-12(3)13-8-5-11(2)6-9-13/h5-6,8-9,12H,4,7,10H2,1-3H3/t12-/m1/s1. The van der Waals surface area contributed by atoms with Crippen LogP contribution in [-0.4, -0.2) is 12.6 Å². The molecule has 0 aromatic heterocycles. The highest BCUT2D eigenvalue weighted by Crippen LogP contribution is 2.21. The Morgan fingerprint density at radius 3 is 2.50 bits per heavy atom. The summed E-state index contributed by atoms with van der Waals surface area (Å²) in [7, 11) is 0. The summed E-state index contributed by atoms with van der Waals surface area (Å²) in [6.07, 6.45) is 1.35. The fraction of sp³-hybridized carbons (Fsp3) is 0.500. The summed E-state index contributed by atoms with van der Waals surface area (Å²) >= 11 is 0. The third-order valence-corrected chi connectivity index (χ3v) is 2.73. The lowest BCUT2D eigenvalue weighted by Crippen LogP contribution is -2.05. The van der Waals surface area contributed by atoms with E-state index in [0.29, 0.717) is 18.9 Å². The van der Waals surface area contributed by atoms with Crippen LogP contribution in [0.2, 0.25) is 0 Å². The van der Waals surface area contributed by atoms with E-state index in [1.54, 1.807) is 0 Å². The van der Waals surface area contributed by atoms with Crippen molar-refractivity contribution in [1.82, 2.24) is 0 Å². The van der Waals surface area contributed by atoms with Gasteiger partial charge < -0.3 is 4.74 Å². The fourth-order valence-electron chi connectivity index (χ4n) is 1.63. The number of esters is 1. The minimum Gasteiger partial charge on any atom is -0.466 e. The number of aryl methyl sites for hydroxylation is 1. The van der Waals surface area contributed by atoms with Gasteiger partial charge in [-0.1, -0.05) is 36.8 Å². The molecule has 0 heterocycles. The van der Waals surface area contributed by atoms with E-state index in [9.17, 15) is 4.79 Å². The van der Waals surface area contributed by atoms with Gasteiger partial charge in [-0.3, -0.25) is 4.79 Å². The zero-order valence-corrected chi connectivity index (χ0v) is 10.3. The molecule has 0 bridgehead atoms. The van der Waals surface area contributed by atoms with Crippen molar-refractivity contribution in [2.45, 2.75) is 39.5 Å². The van der Waals surface area contributed by atoms with E-state index in [4.69, 9.17) is 4.74 Å². The van der Waals surface area contributed by atoms with Gasteiger partial charge in [-0.05, 0) is 31.7 Å². The van der Waals surface area contributed by atoms with Gasteiger partial charge in [0, 0.05) is 6.42 Å². The molecule has 0 N–H and O–H groups in total. The van der Waals surface area contributed by atoms with Crippen molar-refractivity contribution in [3.05, 3.63) is 35.4 Å². The molecule has 0 fully saturated rings. The van der Waals surface area contributed by atoms with Crippen molar-refractivity contribution in [2.75, 3.05) is 6.61 Å². The summed E-state index contributed by atoms with van der Waals surface area (Å²) in [5, 5.41) is 0. The number of hydrogen-bond acceptors (Lipinski definition) is 2. The minimum atomic E-state index is -0.0959. The maximum Gasteiger partial charge on any atom is 0.305 e. The maximum atomic E-state index is 11.2. The van der Waals surface area contributed by atoms with Crippen molar-refractivity contribution >= 4 is 5.97 Å². The summed E-state index contributed by atoms with van der Waals surface area (Å²) < 4.78 is 4.91. The predicted molar refractivity (Wildman–Crippen MR) is 65.5 cm³/mol. The second kappa shape index (κ2) is 6.31. The van der Waals surface area contributed by atoms with Crippen LogP contribution in [0.15, 0.2) is 24.3 Å². The van der Waals surface area contributed by atoms with Crippen LogP contribution in [0, 0.1) is 6.92 Å². The molecule has 2 nitrogen and oxygen atoms in total. The van der Waals surface area contributed by atoms with Crippen LogP contribution in [-0.2, 0) is 9.53 Å². The average Bonchev–Trinajstić information content (AvgIpc) is 2.27. The van der Waals surface area contributed by atoms with Crippen molar-refractivity contribution in [3.8, 4) is 0 Å². The molecule has 0 aliphatic heterocycles. The first-order valence-electron chi connectivity index (χ1n) is 5.85. The summed E-state index contributed by atoms with van der Waals surface area (Å²) in [4.78, 5) is 11.2. The van der Waals surface area contributed by atoms with Crippen LogP contribution in [0.4, 0.5) is 0 Å². The quantitative estimate of drug-likeness (QED) is 0.710. The molecule has 1 atom stereocenters. The van der Waals surface area contributed by atoms with Gasteiger partial charge in [0.1, 0.15) is 0 Å². The SMILES string of the molecule is CCOC(=O)CC[C@@H](C)c1ccc(C)cc1. The highest BCUT2D eigenvalue weighted by atomic mass is 16.5. The molecule has 2 heteroatoms. The first-order chi connectivity index (χ1) is 7.63. The molecule has 1 rings (SSSR count). The van der Waals surface area contributed by atoms with Crippen LogP contribution in [0.1, 0.15) is 43.7 Å². The lowest BCUT2D eigenvalue weighted by Gasteiger charge is -2.11. The molecule has 0 aliphatic carbocycles. The van der Waals surface area contributed by atoms with E-state index < -0.39 is 0 Å². The number of carbonyl (C=O) groups is 1. The van der Waals surface area contributed by atoms with Gasteiger partial charge in [0.15, 0.2) is 0 Å². The molecule has 88 valence electrons. The number of benzene rings is 1. The van der Waals surface area contributed by atoms with Crippen LogP contribution < -0.4 is 0 Å². The van der Waals surface area contributed by atoms with Crippen molar-refractivity contribution in [1.29, 1.82) is 0 Å². The molecular weight excluding hydrogens is 200 g/mol. The molecule has 16 heavy (non-hydrogen) atoms. The third kappa shape index (κ3) is 4.05. The zero-order chi connectivity index (χ0) is 12.0. The highest BCUT2D eigenvalue weighted by Gasteiger charge is 2.08. The number of carbonyl (C=O) groups excluding carboxylic acids is 1. The van der Waals surface area contributed by atoms with Gasteiger partial charge in [0.05, 0.1) is 6.61 Å². The van der Waals surface area contributed by atoms with Gasteiger partial charge in [0.25, 0.3) is 0 Å². The summed E-state index contributed by atoms with van der Waals surface area (Å²) in [6.45, 7) is 6.52. The number of hydrogen-bond donors (Lipinski definition) is 0. The highest BCUT2D eigenvalue weighted by molar-refractivity contribution is 5.69. The predicted octanol–water partition coefficient (Wildman–Crippen LogP) is 3.44. The molecule has 1 aromatic rings. The smallest absolute Gasteiger partial charge is 0.305 e. The molecule has 1 aromatic carbocycles. The van der Waals surface area contributed by atoms with Gasteiger partial charge >= 0.3 is 5.97 Å². The lowest BCUT2D eigenvalue weighted by molar-refractivity contribution is -0.143. The van der Waals surface area contributed by atoms with E-state index in [1.165, 1.54) is 11.1 Å². The topological polar surface area (TPSA) is 26.3 Å². The Morgan fingerprint density at radius 2 is 1.94 bits per heavy atom. The van der Waals surface area contributed by atoms with Crippen molar-refractivity contribution in [3.63, 3.8) is 0 Å². The van der Waals surface area contributed by atoms with Crippen LogP contribution in [0.25, 0.3) is 0 Å². The zero-order valence-electron chi connectivity index (χ0n) is 10.3. The Kier molecular flexibility index (Phi) is 5.03. The Bertz CT molecular complexity index is 327. The Labute approximate surface area is 97.6 Å². The monoisotopic (exact) mass is 220 g/mol. The van der Waals surface area contributed by atoms with Crippen LogP contribution in [0.5, 0.6) is 0 Å². The van der Waals surface area contributed by atoms with E-state index in [2.05, 4.69) is 38.1 Å². The minimum absolute atomic E-state index is 0.0959. The first kappa shape index (κ1) is 12.8. The van der Waals surface area contributed by atoms with Gasteiger partial charge in [-0.2, -0.15) is 0 Å². The molecule has 0 saturated carbocycles. The van der Waals surface area contributed by atoms with E-state index >= 15 is 0 Å². The molecule has 0 radical (unpaired) electrons. The largest absolute Gasteiger partial charge is 0.466 e. The Balaban J connectivity index is 2.43. The van der Waals surface area contributed by atoms with Gasteiger partial charge in [-0.25, -0.2) is 0 Å². The molecule has 0 saturated heterocycles. The van der Waals surface area contributed by atoms with Gasteiger partial charge in [-0.15, -0.1) is 0 Å². The van der Waals surface area contributed by atoms with Crippen LogP contribution >= 0.6 is 0 Å². The van der Waals surface area contributed by atoms with Crippen molar-refractivity contribution < 1.29 is 9.53 Å². The second-order valence-electron chi connectivity index (χ2n) is 4.16. The Morgan fingerprint density at radius 1 is 1.31 bits per heavy atom. The van der Waals surface area contributed by atoms with E-state index in [0.717, 1.165) is 6.42 Å². The normalized spacial score (nSPS) is 12.2. The molecule has 0 aliphatic rings. The Hall–Kier alpha value is -1.31. The molecular formula is C14H20O2. The maximum absolute atomic E-state index is 11.2. The van der Waals surface area contributed by atoms with Gasteiger partial charge in [0.2, 0.25) is 0 Å². The summed E-state index contributed by atoms with van der Waals surface area (Å²) in [5.74, 6) is 0.312. The average molecular weight is 220 g/mol. The van der Waals surface area contributed by atoms with Crippen LogP contribution in [0.3, 0.4) is 0 Å². The second-order valence-corrected chi connectivity index (χ2v) is 4.16. The van der Waals surface area contributed by atoms with Crippen molar-refractivity contribution in [2.24, 2.45) is 0 Å². The third-order valence-electron chi connectivity index (χ3n) is 2.73. The number of ether oxygens (including phenoxy) is 1. The first-order valence-corrected chi connectivity index (χ1v) is 5.85. The molecule has 0 amide bonds. The van der Waals surface area contributed by atoms with E-state index in [1.807, 2.05) is 6.92 Å². The summed E-state index contributed by atoms with van der Waals surface area (Å²) in [6, 6.07) is 8.47.